The van der Waals surface area contributed by atoms with E-state index < -0.39 is 0 Å². The SMILES string of the molecule is Oc1cc2cc(I)ccc2[nH]1. The monoisotopic (exact) mass is 259 g/mol. The van der Waals surface area contributed by atoms with E-state index in [1.165, 1.54) is 3.57 Å². The molecule has 0 aliphatic carbocycles. The summed E-state index contributed by atoms with van der Waals surface area (Å²) in [6.07, 6.45) is 0. The van der Waals surface area contributed by atoms with Gasteiger partial charge in [0.05, 0.1) is 0 Å². The topological polar surface area (TPSA) is 36.0 Å². The van der Waals surface area contributed by atoms with Gasteiger partial charge in [-0.1, -0.05) is 0 Å². The van der Waals surface area contributed by atoms with Gasteiger partial charge in [0.25, 0.3) is 0 Å². The molecule has 56 valence electrons. The zero-order chi connectivity index (χ0) is 7.84. The zero-order valence-corrected chi connectivity index (χ0v) is 7.79. The van der Waals surface area contributed by atoms with Crippen molar-refractivity contribution in [3.05, 3.63) is 27.8 Å². The highest BCUT2D eigenvalue weighted by Crippen LogP contribution is 2.20. The number of nitrogens with one attached hydrogen (secondary N) is 1. The van der Waals surface area contributed by atoms with Crippen molar-refractivity contribution < 1.29 is 5.11 Å². The Labute approximate surface area is 77.4 Å². The second-order valence-corrected chi connectivity index (χ2v) is 3.63. The predicted octanol–water partition coefficient (Wildman–Crippen LogP) is 2.48. The molecular formula is C8H6INO. The maximum atomic E-state index is 9.09. The molecule has 2 nitrogen and oxygen atoms in total. The van der Waals surface area contributed by atoms with Crippen LogP contribution in [-0.4, -0.2) is 10.1 Å². The van der Waals surface area contributed by atoms with Crippen LogP contribution in [0.1, 0.15) is 0 Å². The van der Waals surface area contributed by atoms with Crippen LogP contribution in [-0.2, 0) is 0 Å². The number of H-pyrrole nitrogens is 1. The minimum Gasteiger partial charge on any atom is -0.495 e. The van der Waals surface area contributed by atoms with Gasteiger partial charge in [0.15, 0.2) is 5.88 Å². The van der Waals surface area contributed by atoms with Gasteiger partial charge in [-0.15, -0.1) is 0 Å². The number of benzene rings is 1. The van der Waals surface area contributed by atoms with E-state index in [0.29, 0.717) is 0 Å². The summed E-state index contributed by atoms with van der Waals surface area (Å²) in [5.74, 6) is 0.224. The van der Waals surface area contributed by atoms with E-state index in [1.807, 2.05) is 18.2 Å². The van der Waals surface area contributed by atoms with Crippen molar-refractivity contribution in [1.82, 2.24) is 4.98 Å². The molecule has 0 radical (unpaired) electrons. The van der Waals surface area contributed by atoms with Gasteiger partial charge in [-0.2, -0.15) is 0 Å². The van der Waals surface area contributed by atoms with Crippen LogP contribution >= 0.6 is 22.6 Å². The largest absolute Gasteiger partial charge is 0.495 e. The van der Waals surface area contributed by atoms with Crippen molar-refractivity contribution >= 4 is 33.5 Å². The number of aromatic amines is 1. The number of hydrogen-bond acceptors (Lipinski definition) is 1. The molecule has 0 saturated carbocycles. The van der Waals surface area contributed by atoms with Gasteiger partial charge in [-0.25, -0.2) is 0 Å². The molecule has 0 fully saturated rings. The van der Waals surface area contributed by atoms with E-state index in [9.17, 15) is 0 Å². The normalized spacial score (nSPS) is 10.6. The maximum absolute atomic E-state index is 9.09. The fraction of sp³-hybridized carbons (Fsp3) is 0. The van der Waals surface area contributed by atoms with E-state index in [1.54, 1.807) is 6.07 Å². The Balaban J connectivity index is 2.82. The fourth-order valence-corrected chi connectivity index (χ4v) is 1.60. The minimum absolute atomic E-state index is 0.224. The van der Waals surface area contributed by atoms with Crippen molar-refractivity contribution in [2.45, 2.75) is 0 Å². The van der Waals surface area contributed by atoms with Crippen molar-refractivity contribution in [3.8, 4) is 5.88 Å². The van der Waals surface area contributed by atoms with Crippen LogP contribution in [0.2, 0.25) is 0 Å². The summed E-state index contributed by atoms with van der Waals surface area (Å²) in [6.45, 7) is 0. The molecule has 0 unspecified atom stereocenters. The molecule has 0 atom stereocenters. The average molecular weight is 259 g/mol. The van der Waals surface area contributed by atoms with Gasteiger partial charge in [-0.3, -0.25) is 0 Å². The number of aromatic hydroxyl groups is 1. The molecule has 1 aromatic heterocycles. The van der Waals surface area contributed by atoms with Gasteiger partial charge in [-0.05, 0) is 40.8 Å². The summed E-state index contributed by atoms with van der Waals surface area (Å²) >= 11 is 2.24. The third-order valence-electron chi connectivity index (χ3n) is 1.57. The Bertz CT molecular complexity index is 394. The van der Waals surface area contributed by atoms with Crippen LogP contribution in [0.15, 0.2) is 24.3 Å². The zero-order valence-electron chi connectivity index (χ0n) is 5.63. The van der Waals surface area contributed by atoms with Gasteiger partial charge in [0, 0.05) is 20.5 Å². The average Bonchev–Trinajstić information content (AvgIpc) is 2.27. The molecule has 0 amide bonds. The summed E-state index contributed by atoms with van der Waals surface area (Å²) in [7, 11) is 0. The standard InChI is InChI=1S/C8H6INO/c9-6-1-2-7-5(3-6)4-8(11)10-7/h1-4,10-11H. The Hall–Kier alpha value is -0.710. The van der Waals surface area contributed by atoms with E-state index in [4.69, 9.17) is 5.11 Å². The first-order valence-corrected chi connectivity index (χ1v) is 4.31. The summed E-state index contributed by atoms with van der Waals surface area (Å²) < 4.78 is 1.18. The molecule has 0 aliphatic heterocycles. The molecule has 0 spiro atoms. The number of rotatable bonds is 0. The Morgan fingerprint density at radius 1 is 1.27 bits per heavy atom. The van der Waals surface area contributed by atoms with E-state index in [-0.39, 0.29) is 5.88 Å². The molecule has 0 saturated heterocycles. The molecule has 11 heavy (non-hydrogen) atoms. The first kappa shape index (κ1) is 6.97. The number of aromatic nitrogens is 1. The first-order valence-electron chi connectivity index (χ1n) is 3.23. The molecular weight excluding hydrogens is 253 g/mol. The Kier molecular flexibility index (Phi) is 1.52. The molecule has 1 heterocycles. The summed E-state index contributed by atoms with van der Waals surface area (Å²) in [5, 5.41) is 10.1. The van der Waals surface area contributed by atoms with Crippen molar-refractivity contribution in [1.29, 1.82) is 0 Å². The molecule has 3 heteroatoms. The lowest BCUT2D eigenvalue weighted by Gasteiger charge is -1.88. The lowest BCUT2D eigenvalue weighted by Crippen LogP contribution is -1.69. The van der Waals surface area contributed by atoms with Gasteiger partial charge < -0.3 is 10.1 Å². The third-order valence-corrected chi connectivity index (χ3v) is 2.24. The van der Waals surface area contributed by atoms with Crippen LogP contribution < -0.4 is 0 Å². The lowest BCUT2D eigenvalue weighted by molar-refractivity contribution is 0.458. The number of hydrogen-bond donors (Lipinski definition) is 2. The Morgan fingerprint density at radius 2 is 2.09 bits per heavy atom. The van der Waals surface area contributed by atoms with Crippen LogP contribution in [0.5, 0.6) is 5.88 Å². The second kappa shape index (κ2) is 2.41. The van der Waals surface area contributed by atoms with Crippen LogP contribution in [0.4, 0.5) is 0 Å². The molecule has 2 N–H and O–H groups in total. The molecule has 2 aromatic rings. The second-order valence-electron chi connectivity index (χ2n) is 2.39. The number of halogens is 1. The van der Waals surface area contributed by atoms with Crippen molar-refractivity contribution in [2.75, 3.05) is 0 Å². The fourth-order valence-electron chi connectivity index (χ4n) is 1.09. The summed E-state index contributed by atoms with van der Waals surface area (Å²) in [5.41, 5.74) is 0.975. The number of fused-ring (bicyclic) bond motifs is 1. The Morgan fingerprint density at radius 3 is 2.91 bits per heavy atom. The summed E-state index contributed by atoms with van der Waals surface area (Å²) in [6, 6.07) is 7.69. The first-order chi connectivity index (χ1) is 5.25. The maximum Gasteiger partial charge on any atom is 0.189 e. The molecule has 0 aliphatic rings. The quantitative estimate of drug-likeness (QED) is 0.700. The molecule has 1 aromatic carbocycles. The smallest absolute Gasteiger partial charge is 0.189 e. The van der Waals surface area contributed by atoms with E-state index in [0.717, 1.165) is 10.9 Å². The van der Waals surface area contributed by atoms with Gasteiger partial charge >= 0.3 is 0 Å². The van der Waals surface area contributed by atoms with Gasteiger partial charge in [0.1, 0.15) is 0 Å². The highest BCUT2D eigenvalue weighted by molar-refractivity contribution is 14.1. The van der Waals surface area contributed by atoms with Crippen LogP contribution in [0.25, 0.3) is 10.9 Å². The van der Waals surface area contributed by atoms with Crippen LogP contribution in [0.3, 0.4) is 0 Å². The molecule has 0 bridgehead atoms. The summed E-state index contributed by atoms with van der Waals surface area (Å²) in [4.78, 5) is 2.84. The van der Waals surface area contributed by atoms with E-state index >= 15 is 0 Å². The van der Waals surface area contributed by atoms with Crippen LogP contribution in [0, 0.1) is 3.57 Å². The highest BCUT2D eigenvalue weighted by atomic mass is 127. The van der Waals surface area contributed by atoms with Crippen molar-refractivity contribution in [2.24, 2.45) is 0 Å². The predicted molar refractivity (Wildman–Crippen MR) is 52.7 cm³/mol. The van der Waals surface area contributed by atoms with Gasteiger partial charge in [0.2, 0.25) is 0 Å². The third kappa shape index (κ3) is 1.20. The lowest BCUT2D eigenvalue weighted by atomic mass is 10.3. The highest BCUT2D eigenvalue weighted by Gasteiger charge is 1.97. The van der Waals surface area contributed by atoms with E-state index in [2.05, 4.69) is 27.6 Å². The molecule has 2 rings (SSSR count). The van der Waals surface area contributed by atoms with Crippen molar-refractivity contribution in [3.63, 3.8) is 0 Å². The minimum atomic E-state index is 0.224.